The predicted molar refractivity (Wildman–Crippen MR) is 101 cm³/mol. The smallest absolute Gasteiger partial charge is 0.343 e. The van der Waals surface area contributed by atoms with Crippen LogP contribution in [0.1, 0.15) is 46.5 Å². The first-order valence-electron chi connectivity index (χ1n) is 8.96. The van der Waals surface area contributed by atoms with Crippen molar-refractivity contribution in [2.75, 3.05) is 12.3 Å². The molecule has 1 fully saturated rings. The minimum atomic E-state index is -1.37. The summed E-state index contributed by atoms with van der Waals surface area (Å²) in [6.45, 7) is 1.79. The van der Waals surface area contributed by atoms with Gasteiger partial charge >= 0.3 is 11.9 Å². The van der Waals surface area contributed by atoms with Crippen LogP contribution >= 0.6 is 0 Å². The average molecular weight is 400 g/mol. The van der Waals surface area contributed by atoms with E-state index in [1.165, 1.54) is 18.5 Å². The van der Waals surface area contributed by atoms with Crippen molar-refractivity contribution in [1.29, 1.82) is 0 Å². The Hall–Kier alpha value is -3.69. The van der Waals surface area contributed by atoms with Gasteiger partial charge in [-0.2, -0.15) is 5.10 Å². The van der Waals surface area contributed by atoms with Crippen molar-refractivity contribution in [3.8, 4) is 5.69 Å². The van der Waals surface area contributed by atoms with Crippen LogP contribution in [0.4, 0.5) is 10.2 Å². The van der Waals surface area contributed by atoms with E-state index in [4.69, 9.17) is 10.5 Å². The van der Waals surface area contributed by atoms with Gasteiger partial charge in [-0.1, -0.05) is 0 Å². The van der Waals surface area contributed by atoms with Gasteiger partial charge in [-0.3, -0.25) is 4.79 Å². The van der Waals surface area contributed by atoms with Crippen LogP contribution < -0.4 is 11.2 Å². The number of nitrogens with two attached hydrogens (primary N) is 1. The van der Waals surface area contributed by atoms with Gasteiger partial charge in [0.25, 0.3) is 0 Å². The third kappa shape index (κ3) is 3.02. The molecule has 0 radical (unpaired) electrons. The van der Waals surface area contributed by atoms with Gasteiger partial charge in [0.1, 0.15) is 28.4 Å². The molecule has 0 amide bonds. The van der Waals surface area contributed by atoms with Crippen molar-refractivity contribution in [2.45, 2.75) is 25.8 Å². The first kappa shape index (κ1) is 18.7. The summed E-state index contributed by atoms with van der Waals surface area (Å²) in [5.41, 5.74) is 5.08. The number of halogens is 1. The molecule has 2 heterocycles. The van der Waals surface area contributed by atoms with Gasteiger partial charge in [-0.15, -0.1) is 0 Å². The fourth-order valence-corrected chi connectivity index (χ4v) is 3.24. The van der Waals surface area contributed by atoms with Gasteiger partial charge in [0.05, 0.1) is 18.3 Å². The van der Waals surface area contributed by atoms with Crippen molar-refractivity contribution < 1.29 is 23.8 Å². The number of esters is 1. The molecule has 0 aliphatic heterocycles. The van der Waals surface area contributed by atoms with E-state index in [9.17, 15) is 23.9 Å². The molecule has 0 spiro atoms. The number of aromatic nitrogens is 3. The maximum Gasteiger partial charge on any atom is 0.343 e. The van der Waals surface area contributed by atoms with Crippen LogP contribution in [0.5, 0.6) is 0 Å². The van der Waals surface area contributed by atoms with Crippen LogP contribution in [-0.4, -0.2) is 38.0 Å². The van der Waals surface area contributed by atoms with Crippen LogP contribution in [0.2, 0.25) is 0 Å². The number of carboxylic acid groups (broad SMARTS) is 1. The molecule has 150 valence electrons. The molecule has 1 saturated carbocycles. The Morgan fingerprint density at radius 3 is 2.69 bits per heavy atom. The van der Waals surface area contributed by atoms with Crippen molar-refractivity contribution in [1.82, 2.24) is 14.3 Å². The second-order valence-corrected chi connectivity index (χ2v) is 6.71. The minimum absolute atomic E-state index is 0.00726. The summed E-state index contributed by atoms with van der Waals surface area (Å²) in [6.07, 6.45) is 4.10. The molecule has 3 N–H and O–H groups in total. The summed E-state index contributed by atoms with van der Waals surface area (Å²) in [4.78, 5) is 35.9. The number of carbonyl (C=O) groups excluding carboxylic acids is 1. The van der Waals surface area contributed by atoms with E-state index >= 15 is 0 Å². The zero-order valence-corrected chi connectivity index (χ0v) is 15.4. The molecule has 1 aliphatic carbocycles. The highest BCUT2D eigenvalue weighted by atomic mass is 19.1. The van der Waals surface area contributed by atoms with Crippen LogP contribution in [0.25, 0.3) is 16.6 Å². The molecule has 9 nitrogen and oxygen atoms in total. The molecule has 29 heavy (non-hydrogen) atoms. The molecule has 10 heteroatoms. The second kappa shape index (κ2) is 6.73. The molecule has 0 saturated heterocycles. The number of nitrogen functional groups attached to an aromatic ring is 1. The van der Waals surface area contributed by atoms with Gasteiger partial charge in [-0.25, -0.2) is 18.7 Å². The van der Waals surface area contributed by atoms with Gasteiger partial charge in [-0.05, 0) is 31.9 Å². The monoisotopic (exact) mass is 400 g/mol. The van der Waals surface area contributed by atoms with E-state index < -0.39 is 28.7 Å². The van der Waals surface area contributed by atoms with E-state index in [0.717, 1.165) is 23.6 Å². The highest BCUT2D eigenvalue weighted by Crippen LogP contribution is 2.37. The topological polar surface area (TPSA) is 129 Å². The summed E-state index contributed by atoms with van der Waals surface area (Å²) in [6, 6.07) is 2.39. The second-order valence-electron chi connectivity index (χ2n) is 6.71. The van der Waals surface area contributed by atoms with Crippen molar-refractivity contribution in [2.24, 2.45) is 0 Å². The van der Waals surface area contributed by atoms with Crippen LogP contribution in [0, 0.1) is 5.82 Å². The minimum Gasteiger partial charge on any atom is -0.477 e. The molecule has 0 unspecified atom stereocenters. The van der Waals surface area contributed by atoms with Crippen molar-refractivity contribution >= 4 is 28.7 Å². The molecule has 1 aliphatic rings. The third-order valence-corrected chi connectivity index (χ3v) is 4.80. The molecular formula is C19H17FN4O5. The molecule has 0 bridgehead atoms. The maximum atomic E-state index is 14.9. The lowest BCUT2D eigenvalue weighted by atomic mass is 10.1. The van der Waals surface area contributed by atoms with Gasteiger partial charge in [0, 0.05) is 17.6 Å². The van der Waals surface area contributed by atoms with Gasteiger partial charge < -0.3 is 20.1 Å². The van der Waals surface area contributed by atoms with E-state index in [0.29, 0.717) is 5.52 Å². The SMILES string of the molecule is CCOC(=O)c1cnn(-c2cc3c(cc2F)c(=O)c(C(=O)O)cn3C2CC2)c1N. The normalized spacial score (nSPS) is 13.6. The Morgan fingerprint density at radius 2 is 2.07 bits per heavy atom. The quantitative estimate of drug-likeness (QED) is 0.628. The zero-order chi connectivity index (χ0) is 20.9. The number of carboxylic acids is 1. The highest BCUT2D eigenvalue weighted by Gasteiger charge is 2.28. The number of fused-ring (bicyclic) bond motifs is 1. The fraction of sp³-hybridized carbons (Fsp3) is 0.263. The number of rotatable bonds is 5. The van der Waals surface area contributed by atoms with E-state index in [2.05, 4.69) is 5.10 Å². The molecule has 4 rings (SSSR count). The molecule has 0 atom stereocenters. The zero-order valence-electron chi connectivity index (χ0n) is 15.4. The number of ether oxygens (including phenoxy) is 1. The Kier molecular flexibility index (Phi) is 4.33. The summed E-state index contributed by atoms with van der Waals surface area (Å²) in [7, 11) is 0. The Bertz CT molecular complexity index is 1230. The first-order chi connectivity index (χ1) is 13.8. The fourth-order valence-electron chi connectivity index (χ4n) is 3.24. The largest absolute Gasteiger partial charge is 0.477 e. The number of benzene rings is 1. The Balaban J connectivity index is 1.94. The van der Waals surface area contributed by atoms with E-state index in [-0.39, 0.29) is 35.1 Å². The molecular weight excluding hydrogens is 383 g/mol. The Labute approximate surface area is 163 Å². The number of hydrogen-bond donors (Lipinski definition) is 2. The number of aromatic carboxylic acids is 1. The lowest BCUT2D eigenvalue weighted by Gasteiger charge is -2.14. The highest BCUT2D eigenvalue weighted by molar-refractivity contribution is 5.95. The van der Waals surface area contributed by atoms with Gasteiger partial charge in [0.2, 0.25) is 5.43 Å². The van der Waals surface area contributed by atoms with Crippen LogP contribution in [0.15, 0.2) is 29.3 Å². The molecule has 2 aromatic heterocycles. The summed E-state index contributed by atoms with van der Waals surface area (Å²) >= 11 is 0. The Morgan fingerprint density at radius 1 is 1.34 bits per heavy atom. The lowest BCUT2D eigenvalue weighted by molar-refractivity contribution is 0.0527. The summed E-state index contributed by atoms with van der Waals surface area (Å²) in [5.74, 6) is -2.99. The maximum absolute atomic E-state index is 14.9. The standard InChI is InChI=1S/C19H17FN4O5/c1-2-29-19(28)11-7-22-24(17(11)21)15-6-14-10(5-13(15)20)16(25)12(18(26)27)8-23(14)9-3-4-9/h5-9H,2-4,21H2,1H3,(H,26,27). The lowest BCUT2D eigenvalue weighted by Crippen LogP contribution is -2.19. The van der Waals surface area contributed by atoms with E-state index in [1.54, 1.807) is 11.5 Å². The molecule has 1 aromatic carbocycles. The van der Waals surface area contributed by atoms with Crippen LogP contribution in [-0.2, 0) is 4.74 Å². The number of pyridine rings is 1. The van der Waals surface area contributed by atoms with Crippen LogP contribution in [0.3, 0.4) is 0 Å². The first-order valence-corrected chi connectivity index (χ1v) is 8.96. The molecule has 3 aromatic rings. The average Bonchev–Trinajstić information content (AvgIpc) is 3.44. The number of nitrogens with zero attached hydrogens (tertiary/aromatic N) is 3. The number of hydrogen-bond acceptors (Lipinski definition) is 6. The predicted octanol–water partition coefficient (Wildman–Crippen LogP) is 2.12. The van der Waals surface area contributed by atoms with Gasteiger partial charge in [0.15, 0.2) is 0 Å². The summed E-state index contributed by atoms with van der Waals surface area (Å²) < 4.78 is 22.5. The van der Waals surface area contributed by atoms with Crippen molar-refractivity contribution in [3.05, 3.63) is 51.7 Å². The van der Waals surface area contributed by atoms with E-state index in [1.807, 2.05) is 0 Å². The number of carbonyl (C=O) groups is 2. The van der Waals surface area contributed by atoms with Crippen molar-refractivity contribution in [3.63, 3.8) is 0 Å². The third-order valence-electron chi connectivity index (χ3n) is 4.80. The summed E-state index contributed by atoms with van der Waals surface area (Å²) in [5, 5.41) is 13.2. The number of anilines is 1.